The number of carbonyl (C=O) groups excluding carboxylic acids is 2. The molecule has 0 aliphatic carbocycles. The molecule has 35 heavy (non-hydrogen) atoms. The molecule has 8 nitrogen and oxygen atoms in total. The Hall–Kier alpha value is -3.04. The predicted octanol–water partition coefficient (Wildman–Crippen LogP) is 5.73. The molecule has 186 valence electrons. The number of para-hydroxylation sites is 1. The first-order chi connectivity index (χ1) is 16.6. The molecule has 10 heteroatoms. The molecular weight excluding hydrogens is 486 g/mol. The zero-order valence-electron chi connectivity index (χ0n) is 20.5. The third kappa shape index (κ3) is 7.47. The number of hydrogen-bond acceptors (Lipinski definition) is 6. The number of rotatable bonds is 10. The van der Waals surface area contributed by atoms with Gasteiger partial charge in [0.05, 0.1) is 10.8 Å². The quantitative estimate of drug-likeness (QED) is 0.335. The predicted molar refractivity (Wildman–Crippen MR) is 140 cm³/mol. The smallest absolute Gasteiger partial charge is 0.234 e. The maximum atomic E-state index is 12.6. The summed E-state index contributed by atoms with van der Waals surface area (Å²) in [5, 5.41) is 15.5. The van der Waals surface area contributed by atoms with Crippen LogP contribution in [0.2, 0.25) is 5.02 Å². The Kier molecular flexibility index (Phi) is 9.17. The zero-order valence-corrected chi connectivity index (χ0v) is 22.0. The molecule has 0 aliphatic rings. The number of ether oxygens (including phenoxy) is 1. The first-order valence-electron chi connectivity index (χ1n) is 11.3. The van der Waals surface area contributed by atoms with Crippen molar-refractivity contribution in [2.24, 2.45) is 5.92 Å². The molecule has 0 fully saturated rings. The maximum Gasteiger partial charge on any atom is 0.234 e. The summed E-state index contributed by atoms with van der Waals surface area (Å²) in [4.78, 5) is 24.0. The molecule has 3 aromatic rings. The van der Waals surface area contributed by atoms with Crippen LogP contribution in [-0.2, 0) is 16.1 Å². The van der Waals surface area contributed by atoms with Crippen LogP contribution in [0.5, 0.6) is 5.75 Å². The van der Waals surface area contributed by atoms with Gasteiger partial charge in [0.15, 0.2) is 17.1 Å². The first kappa shape index (κ1) is 26.6. The van der Waals surface area contributed by atoms with E-state index in [4.69, 9.17) is 16.3 Å². The van der Waals surface area contributed by atoms with Gasteiger partial charge < -0.3 is 19.9 Å². The van der Waals surface area contributed by atoms with Crippen molar-refractivity contribution in [3.8, 4) is 5.75 Å². The summed E-state index contributed by atoms with van der Waals surface area (Å²) in [6.07, 6.45) is -0.385. The van der Waals surface area contributed by atoms with E-state index in [1.165, 1.54) is 18.7 Å². The number of carbonyl (C=O) groups is 2. The summed E-state index contributed by atoms with van der Waals surface area (Å²) in [5.41, 5.74) is 2.18. The van der Waals surface area contributed by atoms with Crippen molar-refractivity contribution in [3.05, 3.63) is 58.9 Å². The molecule has 3 rings (SSSR count). The van der Waals surface area contributed by atoms with Crippen LogP contribution in [0, 0.1) is 12.8 Å². The van der Waals surface area contributed by atoms with Crippen molar-refractivity contribution < 1.29 is 14.3 Å². The topological polar surface area (TPSA) is 98.1 Å². The van der Waals surface area contributed by atoms with Gasteiger partial charge in [0, 0.05) is 24.8 Å². The lowest BCUT2D eigenvalue weighted by Crippen LogP contribution is -2.17. The Labute approximate surface area is 214 Å². The number of benzene rings is 2. The van der Waals surface area contributed by atoms with Gasteiger partial charge >= 0.3 is 0 Å². The van der Waals surface area contributed by atoms with Crippen molar-refractivity contribution in [2.75, 3.05) is 16.4 Å². The van der Waals surface area contributed by atoms with Crippen LogP contribution in [0.15, 0.2) is 47.6 Å². The molecule has 1 atom stereocenters. The molecule has 2 aromatic carbocycles. The fourth-order valence-electron chi connectivity index (χ4n) is 3.38. The van der Waals surface area contributed by atoms with Gasteiger partial charge in [0.2, 0.25) is 11.8 Å². The van der Waals surface area contributed by atoms with Gasteiger partial charge in [-0.15, -0.1) is 10.2 Å². The first-order valence-corrected chi connectivity index (χ1v) is 12.7. The number of anilines is 2. The van der Waals surface area contributed by atoms with Crippen LogP contribution in [0.25, 0.3) is 0 Å². The van der Waals surface area contributed by atoms with Crippen LogP contribution < -0.4 is 15.4 Å². The summed E-state index contributed by atoms with van der Waals surface area (Å²) in [6.45, 7) is 10.1. The van der Waals surface area contributed by atoms with Crippen LogP contribution in [0.1, 0.15) is 45.2 Å². The lowest BCUT2D eigenvalue weighted by molar-refractivity contribution is -0.114. The van der Waals surface area contributed by atoms with E-state index in [-0.39, 0.29) is 23.7 Å². The highest BCUT2D eigenvalue weighted by molar-refractivity contribution is 7.99. The Morgan fingerprint density at radius 1 is 1.11 bits per heavy atom. The largest absolute Gasteiger partial charge is 0.481 e. The maximum absolute atomic E-state index is 12.6. The second-order valence-corrected chi connectivity index (χ2v) is 9.93. The summed E-state index contributed by atoms with van der Waals surface area (Å²) in [7, 11) is 0. The molecule has 1 heterocycles. The average Bonchev–Trinajstić information content (AvgIpc) is 3.17. The number of halogens is 1. The lowest BCUT2D eigenvalue weighted by Gasteiger charge is -2.18. The van der Waals surface area contributed by atoms with E-state index in [2.05, 4.69) is 34.7 Å². The zero-order chi connectivity index (χ0) is 25.5. The van der Waals surface area contributed by atoms with Crippen molar-refractivity contribution in [1.82, 2.24) is 14.8 Å². The fraction of sp³-hybridized carbons (Fsp3) is 0.360. The van der Waals surface area contributed by atoms with Gasteiger partial charge in [-0.1, -0.05) is 55.4 Å². The normalized spacial score (nSPS) is 11.9. The van der Waals surface area contributed by atoms with Gasteiger partial charge in [0.1, 0.15) is 5.75 Å². The molecule has 0 aliphatic heterocycles. The van der Waals surface area contributed by atoms with Crippen molar-refractivity contribution in [3.63, 3.8) is 0 Å². The second-order valence-electron chi connectivity index (χ2n) is 8.58. The van der Waals surface area contributed by atoms with Crippen molar-refractivity contribution in [1.29, 1.82) is 0 Å². The highest BCUT2D eigenvalue weighted by atomic mass is 35.5. The Balaban J connectivity index is 1.70. The third-order valence-corrected chi connectivity index (χ3v) is 6.24. The van der Waals surface area contributed by atoms with Crippen molar-refractivity contribution in [2.45, 2.75) is 52.4 Å². The number of amides is 2. The Morgan fingerprint density at radius 2 is 1.86 bits per heavy atom. The lowest BCUT2D eigenvalue weighted by atomic mass is 10.2. The van der Waals surface area contributed by atoms with Gasteiger partial charge in [-0.3, -0.25) is 9.59 Å². The summed E-state index contributed by atoms with van der Waals surface area (Å²) in [5.74, 6) is 1.38. The average molecular weight is 516 g/mol. The van der Waals surface area contributed by atoms with E-state index in [1.807, 2.05) is 42.7 Å². The van der Waals surface area contributed by atoms with Gasteiger partial charge in [-0.2, -0.15) is 0 Å². The number of aryl methyl sites for hydroxylation is 1. The minimum absolute atomic E-state index is 0.152. The molecule has 0 radical (unpaired) electrons. The number of thioether (sulfide) groups is 1. The summed E-state index contributed by atoms with van der Waals surface area (Å²) < 4.78 is 8.04. The monoisotopic (exact) mass is 515 g/mol. The number of nitrogens with zero attached hydrogens (tertiary/aromatic N) is 3. The molecule has 1 aromatic heterocycles. The Morgan fingerprint density at radius 3 is 2.54 bits per heavy atom. The van der Waals surface area contributed by atoms with Crippen LogP contribution in [0.3, 0.4) is 0 Å². The molecule has 2 N–H and O–H groups in total. The number of hydrogen-bond donors (Lipinski definition) is 2. The molecule has 2 amide bonds. The van der Waals surface area contributed by atoms with Crippen LogP contribution in [0.4, 0.5) is 11.4 Å². The van der Waals surface area contributed by atoms with Crippen LogP contribution >= 0.6 is 23.4 Å². The second kappa shape index (κ2) is 12.1. The number of aromatic nitrogens is 3. The Bertz CT molecular complexity index is 1200. The molecule has 0 bridgehead atoms. The fourth-order valence-corrected chi connectivity index (χ4v) is 4.31. The van der Waals surface area contributed by atoms with Gasteiger partial charge in [-0.05, 0) is 49.6 Å². The summed E-state index contributed by atoms with van der Waals surface area (Å²) in [6, 6.07) is 12.7. The summed E-state index contributed by atoms with van der Waals surface area (Å²) >= 11 is 7.55. The minimum Gasteiger partial charge on any atom is -0.481 e. The van der Waals surface area contributed by atoms with E-state index in [0.29, 0.717) is 45.6 Å². The number of nitrogens with one attached hydrogen (secondary N) is 2. The minimum atomic E-state index is -0.385. The highest BCUT2D eigenvalue weighted by Gasteiger charge is 2.21. The molecule has 0 spiro atoms. The molecule has 1 unspecified atom stereocenters. The standard InChI is InChI=1S/C25H30ClN5O3S/c1-15(2)13-31-24(17(4)34-22-9-7-6-8-20(22)26)29-30-25(31)35-14-23(33)28-19-11-10-16(3)21(12-19)27-18(5)32/h6-12,15,17H,13-14H2,1-5H3,(H,27,32)(H,28,33). The SMILES string of the molecule is CC(=O)Nc1cc(NC(=O)CSc2nnc(C(C)Oc3ccccc3Cl)n2CC(C)C)ccc1C. The molecular formula is C25H30ClN5O3S. The van der Waals surface area contributed by atoms with Gasteiger partial charge in [-0.25, -0.2) is 0 Å². The van der Waals surface area contributed by atoms with E-state index >= 15 is 0 Å². The van der Waals surface area contributed by atoms with E-state index < -0.39 is 0 Å². The van der Waals surface area contributed by atoms with Crippen molar-refractivity contribution >= 4 is 46.6 Å². The molecule has 0 saturated carbocycles. The third-order valence-electron chi connectivity index (χ3n) is 4.96. The van der Waals surface area contributed by atoms with E-state index in [9.17, 15) is 9.59 Å². The van der Waals surface area contributed by atoms with Gasteiger partial charge in [0.25, 0.3) is 0 Å². The van der Waals surface area contributed by atoms with E-state index in [1.54, 1.807) is 18.2 Å². The highest BCUT2D eigenvalue weighted by Crippen LogP contribution is 2.30. The van der Waals surface area contributed by atoms with E-state index in [0.717, 1.165) is 5.56 Å². The molecule has 0 saturated heterocycles. The van der Waals surface area contributed by atoms with Crippen LogP contribution in [-0.4, -0.2) is 32.3 Å².